The van der Waals surface area contributed by atoms with Gasteiger partial charge in [0.05, 0.1) is 18.9 Å². The Kier molecular flexibility index (Phi) is 2.93. The minimum absolute atomic E-state index is 0.672. The van der Waals surface area contributed by atoms with Gasteiger partial charge in [0.25, 0.3) is 0 Å². The Morgan fingerprint density at radius 3 is 3.31 bits per heavy atom. The molecule has 1 fully saturated rings. The zero-order chi connectivity index (χ0) is 10.8. The number of fused-ring (bicyclic) bond motifs is 1. The van der Waals surface area contributed by atoms with Gasteiger partial charge in [0.1, 0.15) is 5.76 Å². The molecule has 1 atom stereocenters. The molecule has 1 aromatic rings. The normalized spacial score (nSPS) is 24.6. The third kappa shape index (κ3) is 1.99. The van der Waals surface area contributed by atoms with E-state index in [1.165, 1.54) is 24.9 Å². The van der Waals surface area contributed by atoms with Gasteiger partial charge >= 0.3 is 0 Å². The summed E-state index contributed by atoms with van der Waals surface area (Å²) in [6.07, 6.45) is 5.65. The molecular weight excluding hydrogens is 204 g/mol. The topological polar surface area (TPSA) is 47.3 Å². The van der Waals surface area contributed by atoms with E-state index in [1.54, 1.807) is 0 Å². The van der Waals surface area contributed by atoms with Crippen molar-refractivity contribution in [3.63, 3.8) is 0 Å². The predicted molar refractivity (Wildman–Crippen MR) is 59.2 cm³/mol. The summed E-state index contributed by atoms with van der Waals surface area (Å²) in [5.74, 6) is 1.04. The molecule has 3 heterocycles. The molecule has 0 bridgehead atoms. The molecule has 0 aromatic carbocycles. The summed E-state index contributed by atoms with van der Waals surface area (Å²) in [5.41, 5.74) is 2.32. The molecule has 1 aromatic heterocycles. The van der Waals surface area contributed by atoms with Crippen molar-refractivity contribution >= 4 is 0 Å². The highest BCUT2D eigenvalue weighted by Gasteiger charge is 2.21. The van der Waals surface area contributed by atoms with E-state index in [-0.39, 0.29) is 0 Å². The number of aryl methyl sites for hydroxylation is 1. The number of rotatable bonds is 3. The zero-order valence-corrected chi connectivity index (χ0v) is 9.50. The van der Waals surface area contributed by atoms with Gasteiger partial charge in [-0.2, -0.15) is 0 Å². The Hall–Kier alpha value is -0.870. The summed E-state index contributed by atoms with van der Waals surface area (Å²) in [6.45, 7) is 2.64. The van der Waals surface area contributed by atoms with Gasteiger partial charge in [-0.15, -0.1) is 0 Å². The second kappa shape index (κ2) is 4.55. The van der Waals surface area contributed by atoms with Crippen molar-refractivity contribution in [2.45, 2.75) is 44.8 Å². The highest BCUT2D eigenvalue weighted by atomic mass is 16.5. The van der Waals surface area contributed by atoms with E-state index in [0.29, 0.717) is 12.6 Å². The molecule has 1 saturated heterocycles. The number of ether oxygens (including phenoxy) is 1. The minimum atomic E-state index is 0.672. The van der Waals surface area contributed by atoms with Crippen LogP contribution in [0.15, 0.2) is 4.52 Å². The average Bonchev–Trinajstić information content (AvgIpc) is 2.96. The Morgan fingerprint density at radius 2 is 2.44 bits per heavy atom. The molecular formula is C12H18N2O2. The second-order valence-electron chi connectivity index (χ2n) is 4.67. The summed E-state index contributed by atoms with van der Waals surface area (Å²) in [7, 11) is 0. The van der Waals surface area contributed by atoms with E-state index in [1.807, 2.05) is 0 Å². The first-order chi connectivity index (χ1) is 7.93. The quantitative estimate of drug-likeness (QED) is 0.840. The third-order valence-corrected chi connectivity index (χ3v) is 3.56. The van der Waals surface area contributed by atoms with E-state index in [2.05, 4.69) is 10.5 Å². The van der Waals surface area contributed by atoms with Gasteiger partial charge in [-0.3, -0.25) is 0 Å². The van der Waals surface area contributed by atoms with Crippen molar-refractivity contribution in [1.82, 2.24) is 10.5 Å². The summed E-state index contributed by atoms with van der Waals surface area (Å²) < 4.78 is 10.9. The number of hydrogen-bond donors (Lipinski definition) is 1. The SMILES string of the molecule is C1CNC(CCc2onc3c2COCC3)C1. The van der Waals surface area contributed by atoms with Crippen LogP contribution >= 0.6 is 0 Å². The smallest absolute Gasteiger partial charge is 0.142 e. The Bertz CT molecular complexity index is 356. The molecule has 3 rings (SSSR count). The third-order valence-electron chi connectivity index (χ3n) is 3.56. The predicted octanol–water partition coefficient (Wildman–Crippen LogP) is 1.43. The van der Waals surface area contributed by atoms with Gasteiger partial charge in [-0.25, -0.2) is 0 Å². The number of nitrogens with zero attached hydrogens (tertiary/aromatic N) is 1. The van der Waals surface area contributed by atoms with Crippen molar-refractivity contribution in [3.05, 3.63) is 17.0 Å². The lowest BCUT2D eigenvalue weighted by molar-refractivity contribution is 0.109. The maximum atomic E-state index is 5.45. The lowest BCUT2D eigenvalue weighted by atomic mass is 10.0. The van der Waals surface area contributed by atoms with Crippen molar-refractivity contribution in [2.75, 3.05) is 13.2 Å². The van der Waals surface area contributed by atoms with Crippen LogP contribution in [0, 0.1) is 0 Å². The van der Waals surface area contributed by atoms with E-state index in [0.717, 1.165) is 37.3 Å². The van der Waals surface area contributed by atoms with Crippen LogP contribution in [0.1, 0.15) is 36.3 Å². The van der Waals surface area contributed by atoms with Crippen molar-refractivity contribution in [1.29, 1.82) is 0 Å². The van der Waals surface area contributed by atoms with Crippen molar-refractivity contribution in [2.24, 2.45) is 0 Å². The summed E-state index contributed by atoms with van der Waals surface area (Å²) >= 11 is 0. The van der Waals surface area contributed by atoms with Crippen LogP contribution in [0.4, 0.5) is 0 Å². The monoisotopic (exact) mass is 222 g/mol. The molecule has 1 unspecified atom stereocenters. The maximum absolute atomic E-state index is 5.45. The summed E-state index contributed by atoms with van der Waals surface area (Å²) in [5, 5.41) is 7.63. The lowest BCUT2D eigenvalue weighted by Crippen LogP contribution is -2.21. The Balaban J connectivity index is 1.63. The van der Waals surface area contributed by atoms with Gasteiger partial charge in [-0.05, 0) is 25.8 Å². The largest absolute Gasteiger partial charge is 0.376 e. The van der Waals surface area contributed by atoms with E-state index < -0.39 is 0 Å². The highest BCUT2D eigenvalue weighted by molar-refractivity contribution is 5.24. The molecule has 2 aliphatic heterocycles. The average molecular weight is 222 g/mol. The Morgan fingerprint density at radius 1 is 1.44 bits per heavy atom. The maximum Gasteiger partial charge on any atom is 0.142 e. The van der Waals surface area contributed by atoms with E-state index in [4.69, 9.17) is 9.26 Å². The molecule has 4 nitrogen and oxygen atoms in total. The molecule has 0 aliphatic carbocycles. The van der Waals surface area contributed by atoms with Crippen LogP contribution in [0.3, 0.4) is 0 Å². The summed E-state index contributed by atoms with van der Waals surface area (Å²) in [6, 6.07) is 0.672. The standard InChI is InChI=1S/C12H18N2O2/c1-2-9(13-6-1)3-4-12-10-8-15-7-5-11(10)14-16-12/h9,13H,1-8H2. The van der Waals surface area contributed by atoms with Crippen LogP contribution in [-0.2, 0) is 24.2 Å². The first-order valence-electron chi connectivity index (χ1n) is 6.21. The molecule has 1 N–H and O–H groups in total. The molecule has 0 saturated carbocycles. The minimum Gasteiger partial charge on any atom is -0.376 e. The van der Waals surface area contributed by atoms with Crippen LogP contribution in [0.25, 0.3) is 0 Å². The van der Waals surface area contributed by atoms with Crippen LogP contribution in [0.2, 0.25) is 0 Å². The zero-order valence-electron chi connectivity index (χ0n) is 9.50. The molecule has 88 valence electrons. The van der Waals surface area contributed by atoms with Crippen LogP contribution in [-0.4, -0.2) is 24.4 Å². The molecule has 2 aliphatic rings. The molecule has 0 amide bonds. The van der Waals surface area contributed by atoms with Gasteiger partial charge < -0.3 is 14.6 Å². The van der Waals surface area contributed by atoms with Gasteiger partial charge in [-0.1, -0.05) is 5.16 Å². The van der Waals surface area contributed by atoms with Crippen LogP contribution < -0.4 is 5.32 Å². The highest BCUT2D eigenvalue weighted by Crippen LogP contribution is 2.22. The molecule has 0 radical (unpaired) electrons. The number of nitrogens with one attached hydrogen (secondary N) is 1. The fourth-order valence-electron chi connectivity index (χ4n) is 2.59. The van der Waals surface area contributed by atoms with Gasteiger partial charge in [0.15, 0.2) is 0 Å². The van der Waals surface area contributed by atoms with E-state index in [9.17, 15) is 0 Å². The van der Waals surface area contributed by atoms with Gasteiger partial charge in [0, 0.05) is 24.4 Å². The van der Waals surface area contributed by atoms with Gasteiger partial charge in [0.2, 0.25) is 0 Å². The Labute approximate surface area is 95.3 Å². The molecule has 4 heteroatoms. The number of aromatic nitrogens is 1. The van der Waals surface area contributed by atoms with Crippen LogP contribution in [0.5, 0.6) is 0 Å². The fraction of sp³-hybridized carbons (Fsp3) is 0.750. The van der Waals surface area contributed by atoms with Crippen molar-refractivity contribution < 1.29 is 9.26 Å². The number of hydrogen-bond acceptors (Lipinski definition) is 4. The second-order valence-corrected chi connectivity index (χ2v) is 4.67. The van der Waals surface area contributed by atoms with Crippen molar-refractivity contribution in [3.8, 4) is 0 Å². The lowest BCUT2D eigenvalue weighted by Gasteiger charge is -2.12. The molecule has 16 heavy (non-hydrogen) atoms. The summed E-state index contributed by atoms with van der Waals surface area (Å²) in [4.78, 5) is 0. The van der Waals surface area contributed by atoms with E-state index >= 15 is 0 Å². The first-order valence-corrected chi connectivity index (χ1v) is 6.21. The first kappa shape index (κ1) is 10.3. The fourth-order valence-corrected chi connectivity index (χ4v) is 2.59. The molecule has 0 spiro atoms.